The molecular weight excluding hydrogens is 429 g/mol. The summed E-state index contributed by atoms with van der Waals surface area (Å²) in [5.41, 5.74) is 1.37. The minimum Gasteiger partial charge on any atom is -0.385 e. The van der Waals surface area contributed by atoms with Gasteiger partial charge >= 0.3 is 0 Å². The fraction of sp³-hybridized carbons (Fsp3) is 0.667. The maximum atomic E-state index is 5.26. The van der Waals surface area contributed by atoms with Gasteiger partial charge in [0.2, 0.25) is 0 Å². The van der Waals surface area contributed by atoms with Crippen LogP contribution in [-0.2, 0) is 11.3 Å². The molecule has 0 radical (unpaired) electrons. The molecule has 0 bridgehead atoms. The third-order valence-electron chi connectivity index (χ3n) is 4.79. The molecule has 6 nitrogen and oxygen atoms in total. The van der Waals surface area contributed by atoms with E-state index >= 15 is 0 Å². The van der Waals surface area contributed by atoms with Gasteiger partial charge in [-0.25, -0.2) is 4.98 Å². The molecule has 0 aliphatic heterocycles. The molecule has 0 spiro atoms. The molecular formula is C18H32IN5O. The van der Waals surface area contributed by atoms with Gasteiger partial charge in [-0.05, 0) is 36.8 Å². The van der Waals surface area contributed by atoms with Crippen molar-refractivity contribution in [2.45, 2.75) is 32.2 Å². The Morgan fingerprint density at radius 2 is 2.08 bits per heavy atom. The number of anilines is 1. The van der Waals surface area contributed by atoms with E-state index in [-0.39, 0.29) is 24.0 Å². The van der Waals surface area contributed by atoms with Crippen LogP contribution in [0.3, 0.4) is 0 Å². The average molecular weight is 461 g/mol. The Balaban J connectivity index is 0.00000312. The Hall–Kier alpha value is -1.09. The van der Waals surface area contributed by atoms with Crippen LogP contribution in [0.2, 0.25) is 0 Å². The van der Waals surface area contributed by atoms with Gasteiger partial charge in [-0.15, -0.1) is 24.0 Å². The summed E-state index contributed by atoms with van der Waals surface area (Å²) in [5, 5.41) is 6.83. The zero-order valence-corrected chi connectivity index (χ0v) is 18.2. The number of rotatable bonds is 8. The van der Waals surface area contributed by atoms with Crippen LogP contribution < -0.4 is 15.5 Å². The van der Waals surface area contributed by atoms with E-state index in [0.29, 0.717) is 12.0 Å². The fourth-order valence-electron chi connectivity index (χ4n) is 2.99. The number of methoxy groups -OCH3 is 1. The third-order valence-corrected chi connectivity index (χ3v) is 4.79. The van der Waals surface area contributed by atoms with Gasteiger partial charge in [0.15, 0.2) is 5.96 Å². The Bertz CT molecular complexity index is 546. The highest BCUT2D eigenvalue weighted by atomic mass is 127. The quantitative estimate of drug-likeness (QED) is 0.354. The van der Waals surface area contributed by atoms with E-state index in [1.807, 2.05) is 44.2 Å². The third kappa shape index (κ3) is 6.62. The molecule has 0 atom stereocenters. The zero-order valence-electron chi connectivity index (χ0n) is 15.8. The number of hydrogen-bond donors (Lipinski definition) is 2. The molecule has 0 aromatic carbocycles. The molecule has 1 heterocycles. The van der Waals surface area contributed by atoms with Gasteiger partial charge in [0.05, 0.1) is 12.2 Å². The molecule has 0 saturated heterocycles. The summed E-state index contributed by atoms with van der Waals surface area (Å²) in [5.74, 6) is 1.79. The van der Waals surface area contributed by atoms with Gasteiger partial charge in [0.1, 0.15) is 5.82 Å². The highest BCUT2D eigenvalue weighted by molar-refractivity contribution is 14.0. The first-order valence-electron chi connectivity index (χ1n) is 8.65. The predicted molar refractivity (Wildman–Crippen MR) is 115 cm³/mol. The van der Waals surface area contributed by atoms with Gasteiger partial charge in [0, 0.05) is 41.4 Å². The molecule has 25 heavy (non-hydrogen) atoms. The monoisotopic (exact) mass is 461 g/mol. The second-order valence-electron chi connectivity index (χ2n) is 6.76. The maximum absolute atomic E-state index is 5.26. The molecule has 1 aliphatic rings. The Morgan fingerprint density at radius 1 is 1.32 bits per heavy atom. The summed E-state index contributed by atoms with van der Waals surface area (Å²) >= 11 is 0. The van der Waals surface area contributed by atoms with Crippen LogP contribution >= 0.6 is 24.0 Å². The van der Waals surface area contributed by atoms with E-state index in [1.54, 1.807) is 7.11 Å². The summed E-state index contributed by atoms with van der Waals surface area (Å²) in [6.07, 6.45) is 4.97. The number of ether oxygens (including phenoxy) is 1. The summed E-state index contributed by atoms with van der Waals surface area (Å²) in [6, 6.07) is 6.07. The van der Waals surface area contributed by atoms with E-state index in [4.69, 9.17) is 4.74 Å². The van der Waals surface area contributed by atoms with Gasteiger partial charge in [-0.1, -0.05) is 12.5 Å². The smallest absolute Gasteiger partial charge is 0.191 e. The highest BCUT2D eigenvalue weighted by Crippen LogP contribution is 2.43. The number of nitrogens with one attached hydrogen (secondary N) is 2. The summed E-state index contributed by atoms with van der Waals surface area (Å²) in [4.78, 5) is 11.0. The number of pyridine rings is 1. The number of guanidine groups is 1. The van der Waals surface area contributed by atoms with Gasteiger partial charge in [0.25, 0.3) is 0 Å². The number of hydrogen-bond acceptors (Lipinski definition) is 4. The van der Waals surface area contributed by atoms with Gasteiger partial charge in [-0.2, -0.15) is 0 Å². The van der Waals surface area contributed by atoms with Crippen molar-refractivity contribution >= 4 is 35.8 Å². The van der Waals surface area contributed by atoms with Crippen molar-refractivity contribution in [2.75, 3.05) is 46.3 Å². The first kappa shape index (κ1) is 22.0. The predicted octanol–water partition coefficient (Wildman–Crippen LogP) is 2.64. The van der Waals surface area contributed by atoms with Crippen LogP contribution in [0, 0.1) is 5.41 Å². The Labute approximate surface area is 168 Å². The number of aromatic nitrogens is 1. The van der Waals surface area contributed by atoms with Crippen molar-refractivity contribution < 1.29 is 4.74 Å². The van der Waals surface area contributed by atoms with Crippen LogP contribution in [0.4, 0.5) is 5.82 Å². The van der Waals surface area contributed by atoms with Crippen LogP contribution in [0.1, 0.15) is 31.4 Å². The molecule has 1 aliphatic carbocycles. The molecule has 1 saturated carbocycles. The maximum Gasteiger partial charge on any atom is 0.191 e. The second kappa shape index (κ2) is 10.8. The van der Waals surface area contributed by atoms with E-state index in [9.17, 15) is 0 Å². The van der Waals surface area contributed by atoms with E-state index in [2.05, 4.69) is 20.6 Å². The first-order valence-corrected chi connectivity index (χ1v) is 8.65. The molecule has 2 N–H and O–H groups in total. The molecule has 2 rings (SSSR count). The standard InChI is InChI=1S/C18H31N5O.HI/c1-19-17(21-14-18(9-6-10-18)11-12-24-4)20-13-15-7-5-8-16(22-15)23(2)3;/h5,7-8H,6,9-14H2,1-4H3,(H2,19,20,21);1H. The van der Waals surface area contributed by atoms with Crippen molar-refractivity contribution in [1.29, 1.82) is 0 Å². The number of aliphatic imine (C=N–C) groups is 1. The van der Waals surface area contributed by atoms with Crippen molar-refractivity contribution in [1.82, 2.24) is 15.6 Å². The molecule has 7 heteroatoms. The lowest BCUT2D eigenvalue weighted by Crippen LogP contribution is -2.46. The van der Waals surface area contributed by atoms with Crippen LogP contribution in [0.15, 0.2) is 23.2 Å². The van der Waals surface area contributed by atoms with E-state index < -0.39 is 0 Å². The van der Waals surface area contributed by atoms with Crippen molar-refractivity contribution in [2.24, 2.45) is 10.4 Å². The zero-order chi connectivity index (χ0) is 17.4. The van der Waals surface area contributed by atoms with Crippen LogP contribution in [0.5, 0.6) is 0 Å². The van der Waals surface area contributed by atoms with Crippen LogP contribution in [0.25, 0.3) is 0 Å². The largest absolute Gasteiger partial charge is 0.385 e. The van der Waals surface area contributed by atoms with Crippen molar-refractivity contribution in [3.05, 3.63) is 23.9 Å². The highest BCUT2D eigenvalue weighted by Gasteiger charge is 2.36. The minimum absolute atomic E-state index is 0. The average Bonchev–Trinajstić information content (AvgIpc) is 2.56. The normalized spacial score (nSPS) is 15.8. The molecule has 0 amide bonds. The lowest BCUT2D eigenvalue weighted by atomic mass is 9.67. The summed E-state index contributed by atoms with van der Waals surface area (Å²) < 4.78 is 5.26. The fourth-order valence-corrected chi connectivity index (χ4v) is 2.99. The topological polar surface area (TPSA) is 61.8 Å². The molecule has 1 fully saturated rings. The van der Waals surface area contributed by atoms with E-state index in [1.165, 1.54) is 19.3 Å². The lowest BCUT2D eigenvalue weighted by Gasteiger charge is -2.42. The first-order chi connectivity index (χ1) is 11.6. The summed E-state index contributed by atoms with van der Waals surface area (Å²) in [7, 11) is 7.58. The molecule has 0 unspecified atom stereocenters. The van der Waals surface area contributed by atoms with Crippen molar-refractivity contribution in [3.63, 3.8) is 0 Å². The molecule has 1 aromatic heterocycles. The minimum atomic E-state index is 0. The lowest BCUT2D eigenvalue weighted by molar-refractivity contribution is 0.0732. The number of halogens is 1. The Kier molecular flexibility index (Phi) is 9.48. The molecule has 1 aromatic rings. The number of nitrogens with zero attached hydrogens (tertiary/aromatic N) is 3. The van der Waals surface area contributed by atoms with Crippen molar-refractivity contribution in [3.8, 4) is 0 Å². The second-order valence-corrected chi connectivity index (χ2v) is 6.76. The van der Waals surface area contributed by atoms with Gasteiger partial charge in [-0.3, -0.25) is 4.99 Å². The van der Waals surface area contributed by atoms with Gasteiger partial charge < -0.3 is 20.3 Å². The SMILES string of the molecule is CN=C(NCc1cccc(N(C)C)n1)NCC1(CCOC)CCC1.I. The Morgan fingerprint density at radius 3 is 2.64 bits per heavy atom. The van der Waals surface area contributed by atoms with E-state index in [0.717, 1.165) is 37.0 Å². The molecule has 142 valence electrons. The van der Waals surface area contributed by atoms with Crippen LogP contribution in [-0.4, -0.2) is 52.3 Å². The summed E-state index contributed by atoms with van der Waals surface area (Å²) in [6.45, 7) is 2.43.